The van der Waals surface area contributed by atoms with Gasteiger partial charge in [-0.15, -0.1) is 0 Å². The molecule has 0 aliphatic rings. The number of fused-ring (bicyclic) bond motifs is 1. The van der Waals surface area contributed by atoms with Crippen molar-refractivity contribution in [2.24, 2.45) is 5.16 Å². The highest BCUT2D eigenvalue weighted by molar-refractivity contribution is 7.16. The van der Waals surface area contributed by atoms with Gasteiger partial charge in [-0.3, -0.25) is 9.36 Å². The molecule has 1 atom stereocenters. The van der Waals surface area contributed by atoms with Gasteiger partial charge in [0.05, 0.1) is 16.8 Å². The zero-order chi connectivity index (χ0) is 25.5. The highest BCUT2D eigenvalue weighted by Crippen LogP contribution is 2.22. The summed E-state index contributed by atoms with van der Waals surface area (Å²) in [5, 5.41) is 13.3. The Kier molecular flexibility index (Phi) is 8.14. The Balaban J connectivity index is 1.45. The minimum Gasteiger partial charge on any atom is -0.492 e. The third-order valence-corrected chi connectivity index (χ3v) is 6.60. The van der Waals surface area contributed by atoms with E-state index in [2.05, 4.69) is 5.16 Å². The minimum atomic E-state index is -0.999. The Morgan fingerprint density at radius 3 is 2.44 bits per heavy atom. The molecule has 1 aromatic heterocycles. The fourth-order valence-electron chi connectivity index (χ4n) is 3.85. The first-order valence-electron chi connectivity index (χ1n) is 11.3. The molecule has 8 nitrogen and oxygen atoms in total. The molecule has 0 radical (unpaired) electrons. The minimum absolute atomic E-state index is 0.0645. The fraction of sp³-hybridized carbons (Fsp3) is 0.222. The van der Waals surface area contributed by atoms with Crippen LogP contribution < -0.4 is 9.61 Å². The first kappa shape index (κ1) is 25.2. The van der Waals surface area contributed by atoms with E-state index in [4.69, 9.17) is 19.4 Å². The van der Waals surface area contributed by atoms with Gasteiger partial charge in [-0.05, 0) is 29.8 Å². The van der Waals surface area contributed by atoms with Crippen LogP contribution in [0.3, 0.4) is 0 Å². The number of methoxy groups -OCH3 is 1. The van der Waals surface area contributed by atoms with E-state index in [0.29, 0.717) is 24.6 Å². The summed E-state index contributed by atoms with van der Waals surface area (Å²) in [5.74, 6) is -0.359. The van der Waals surface area contributed by atoms with Crippen molar-refractivity contribution in [2.45, 2.75) is 19.1 Å². The van der Waals surface area contributed by atoms with Crippen molar-refractivity contribution in [3.05, 3.63) is 99.2 Å². The largest absolute Gasteiger partial charge is 0.492 e. The quantitative estimate of drug-likeness (QED) is 0.242. The van der Waals surface area contributed by atoms with Gasteiger partial charge in [0, 0.05) is 24.7 Å². The first-order chi connectivity index (χ1) is 17.5. The molecular formula is C27H26N2O6S. The second kappa shape index (κ2) is 11.7. The van der Waals surface area contributed by atoms with Gasteiger partial charge in [0.25, 0.3) is 0 Å². The van der Waals surface area contributed by atoms with Crippen LogP contribution in [-0.4, -0.2) is 48.3 Å². The summed E-state index contributed by atoms with van der Waals surface area (Å²) in [4.78, 5) is 28.8. The maximum Gasteiger partial charge on any atom is 0.333 e. The number of ether oxygens (including phenoxy) is 2. The number of carboxylic acids is 1. The molecule has 1 heterocycles. The number of thiazole rings is 1. The van der Waals surface area contributed by atoms with Gasteiger partial charge in [-0.25, -0.2) is 4.79 Å². The smallest absolute Gasteiger partial charge is 0.333 e. The van der Waals surface area contributed by atoms with Crippen molar-refractivity contribution in [1.82, 2.24) is 4.57 Å². The van der Waals surface area contributed by atoms with E-state index in [1.54, 1.807) is 16.7 Å². The maximum absolute atomic E-state index is 12.7. The summed E-state index contributed by atoms with van der Waals surface area (Å²) in [6.07, 6.45) is -0.619. The second-order valence-electron chi connectivity index (χ2n) is 7.95. The molecule has 0 amide bonds. The molecule has 0 bridgehead atoms. The molecule has 9 heteroatoms. The summed E-state index contributed by atoms with van der Waals surface area (Å²) >= 11 is 1.18. The zero-order valence-electron chi connectivity index (χ0n) is 19.9. The van der Waals surface area contributed by atoms with E-state index in [1.807, 2.05) is 60.7 Å². The Bertz CT molecular complexity index is 1410. The highest BCUT2D eigenvalue weighted by Gasteiger charge is 2.17. The predicted molar refractivity (Wildman–Crippen MR) is 139 cm³/mol. The van der Waals surface area contributed by atoms with Gasteiger partial charge in [0.15, 0.2) is 6.10 Å². The Labute approximate surface area is 212 Å². The van der Waals surface area contributed by atoms with E-state index < -0.39 is 12.1 Å². The molecule has 4 rings (SSSR count). The van der Waals surface area contributed by atoms with Crippen LogP contribution in [0.5, 0.6) is 5.75 Å². The van der Waals surface area contributed by atoms with Crippen LogP contribution in [0.2, 0.25) is 0 Å². The van der Waals surface area contributed by atoms with Gasteiger partial charge in [-0.2, -0.15) is 0 Å². The van der Waals surface area contributed by atoms with Crippen LogP contribution in [0.4, 0.5) is 0 Å². The molecule has 0 aliphatic carbocycles. The molecule has 0 saturated carbocycles. The molecular weight excluding hydrogens is 480 g/mol. The van der Waals surface area contributed by atoms with Gasteiger partial charge in [0.2, 0.25) is 0 Å². The van der Waals surface area contributed by atoms with Crippen molar-refractivity contribution in [3.63, 3.8) is 0 Å². The molecule has 0 saturated heterocycles. The number of aromatic nitrogens is 1. The van der Waals surface area contributed by atoms with Crippen molar-refractivity contribution < 1.29 is 24.2 Å². The van der Waals surface area contributed by atoms with Gasteiger partial charge < -0.3 is 19.4 Å². The SMILES string of the molecule is CON=C(c1ccccc1)c1ccc2c(c1)sc(=O)n2CCOc1ccc(CC(OC)C(=O)O)cc1. The monoisotopic (exact) mass is 506 g/mol. The number of carbonyl (C=O) groups is 1. The Morgan fingerprint density at radius 1 is 1.03 bits per heavy atom. The average molecular weight is 507 g/mol. The van der Waals surface area contributed by atoms with Gasteiger partial charge in [0.1, 0.15) is 25.2 Å². The summed E-state index contributed by atoms with van der Waals surface area (Å²) in [6.45, 7) is 0.700. The molecule has 1 unspecified atom stereocenters. The number of rotatable bonds is 11. The van der Waals surface area contributed by atoms with Crippen LogP contribution in [0.15, 0.2) is 82.7 Å². The predicted octanol–water partition coefficient (Wildman–Crippen LogP) is 4.18. The number of carboxylic acid groups (broad SMARTS) is 1. The summed E-state index contributed by atoms with van der Waals surface area (Å²) in [7, 11) is 2.89. The second-order valence-corrected chi connectivity index (χ2v) is 8.94. The van der Waals surface area contributed by atoms with Crippen LogP contribution in [0.25, 0.3) is 10.2 Å². The van der Waals surface area contributed by atoms with E-state index in [-0.39, 0.29) is 11.3 Å². The standard InChI is InChI=1S/C27H26N2O6S/c1-33-23(26(30)31)16-18-8-11-21(12-9-18)35-15-14-29-22-13-10-20(17-24(22)36-27(29)32)25(28-34-2)19-6-4-3-5-7-19/h3-13,17,23H,14-16H2,1-2H3,(H,30,31). The first-order valence-corrected chi connectivity index (χ1v) is 12.1. The zero-order valence-corrected chi connectivity index (χ0v) is 20.7. The van der Waals surface area contributed by atoms with Crippen molar-refractivity contribution in [1.29, 1.82) is 0 Å². The topological polar surface area (TPSA) is 99.4 Å². The average Bonchev–Trinajstić information content (AvgIpc) is 3.21. The van der Waals surface area contributed by atoms with Crippen molar-refractivity contribution in [2.75, 3.05) is 20.8 Å². The molecule has 0 fully saturated rings. The Hall–Kier alpha value is -3.95. The van der Waals surface area contributed by atoms with Gasteiger partial charge in [-0.1, -0.05) is 65.0 Å². The van der Waals surface area contributed by atoms with E-state index in [9.17, 15) is 9.59 Å². The summed E-state index contributed by atoms with van der Waals surface area (Å²) in [6, 6.07) is 22.7. The number of benzene rings is 3. The number of hydrogen-bond acceptors (Lipinski definition) is 7. The van der Waals surface area contributed by atoms with E-state index >= 15 is 0 Å². The molecule has 186 valence electrons. The number of aliphatic carboxylic acids is 1. The number of hydrogen-bond donors (Lipinski definition) is 1. The normalized spacial score (nSPS) is 12.4. The molecule has 3 aromatic carbocycles. The third-order valence-electron chi connectivity index (χ3n) is 5.66. The fourth-order valence-corrected chi connectivity index (χ4v) is 4.80. The van der Waals surface area contributed by atoms with Crippen molar-refractivity contribution in [3.8, 4) is 5.75 Å². The summed E-state index contributed by atoms with van der Waals surface area (Å²) in [5.41, 5.74) is 4.14. The third kappa shape index (κ3) is 5.81. The lowest BCUT2D eigenvalue weighted by Crippen LogP contribution is -2.24. The molecule has 1 N–H and O–H groups in total. The molecule has 4 aromatic rings. The number of nitrogens with zero attached hydrogens (tertiary/aromatic N) is 2. The summed E-state index contributed by atoms with van der Waals surface area (Å²) < 4.78 is 13.4. The lowest BCUT2D eigenvalue weighted by atomic mass is 10.0. The van der Waals surface area contributed by atoms with E-state index in [0.717, 1.165) is 26.9 Å². The molecule has 0 spiro atoms. The van der Waals surface area contributed by atoms with Crippen LogP contribution in [0.1, 0.15) is 16.7 Å². The Morgan fingerprint density at radius 2 is 1.78 bits per heavy atom. The number of oxime groups is 1. The van der Waals surface area contributed by atoms with Crippen LogP contribution in [0, 0.1) is 0 Å². The molecule has 36 heavy (non-hydrogen) atoms. The lowest BCUT2D eigenvalue weighted by molar-refractivity contribution is -0.148. The lowest BCUT2D eigenvalue weighted by Gasteiger charge is -2.11. The van der Waals surface area contributed by atoms with Crippen LogP contribution >= 0.6 is 11.3 Å². The molecule has 0 aliphatic heterocycles. The highest BCUT2D eigenvalue weighted by atomic mass is 32.1. The van der Waals surface area contributed by atoms with Crippen LogP contribution in [-0.2, 0) is 27.3 Å². The van der Waals surface area contributed by atoms with Crippen molar-refractivity contribution >= 4 is 33.2 Å². The maximum atomic E-state index is 12.7. The van der Waals surface area contributed by atoms with Gasteiger partial charge >= 0.3 is 10.8 Å². The van der Waals surface area contributed by atoms with E-state index in [1.165, 1.54) is 25.6 Å².